The van der Waals surface area contributed by atoms with Crippen LogP contribution in [0.25, 0.3) is 0 Å². The highest BCUT2D eigenvalue weighted by Crippen LogP contribution is 1.89. The van der Waals surface area contributed by atoms with Gasteiger partial charge in [0.2, 0.25) is 0 Å². The Morgan fingerprint density at radius 1 is 1.70 bits per heavy atom. The van der Waals surface area contributed by atoms with Gasteiger partial charge >= 0.3 is 0 Å². The number of aromatic amines is 1. The van der Waals surface area contributed by atoms with E-state index in [1.165, 1.54) is 0 Å². The summed E-state index contributed by atoms with van der Waals surface area (Å²) in [7, 11) is 1.56. The summed E-state index contributed by atoms with van der Waals surface area (Å²) in [4.78, 5) is 13.4. The van der Waals surface area contributed by atoms with E-state index in [0.717, 1.165) is 0 Å². The van der Waals surface area contributed by atoms with Crippen LogP contribution in [0.4, 0.5) is 0 Å². The maximum Gasteiger partial charge on any atom is 0.253 e. The van der Waals surface area contributed by atoms with Gasteiger partial charge in [0, 0.05) is 18.9 Å². The maximum absolute atomic E-state index is 10.9. The normalized spacial score (nSPS) is 9.70. The summed E-state index contributed by atoms with van der Waals surface area (Å²) < 4.78 is 4.79. The second-order valence-electron chi connectivity index (χ2n) is 1.96. The Morgan fingerprint density at radius 2 is 2.50 bits per heavy atom. The molecule has 0 radical (unpaired) electrons. The molecule has 1 rings (SSSR count). The third kappa shape index (κ3) is 1.45. The van der Waals surface area contributed by atoms with E-state index in [4.69, 9.17) is 4.74 Å². The molecule has 0 aliphatic rings. The van der Waals surface area contributed by atoms with Gasteiger partial charge in [-0.25, -0.2) is 0 Å². The summed E-state index contributed by atoms with van der Waals surface area (Å²) in [6, 6.07) is 3.51. The van der Waals surface area contributed by atoms with Crippen molar-refractivity contribution in [2.75, 3.05) is 7.11 Å². The highest BCUT2D eigenvalue weighted by Gasteiger charge is 1.93. The maximum atomic E-state index is 10.9. The summed E-state index contributed by atoms with van der Waals surface area (Å²) in [5, 5.41) is 0. The molecule has 0 aromatic carbocycles. The number of pyridine rings is 1. The van der Waals surface area contributed by atoms with Crippen molar-refractivity contribution in [3.63, 3.8) is 0 Å². The second-order valence-corrected chi connectivity index (χ2v) is 1.96. The van der Waals surface area contributed by atoms with Crippen LogP contribution in [0.1, 0.15) is 5.56 Å². The van der Waals surface area contributed by atoms with Gasteiger partial charge in [0.15, 0.2) is 0 Å². The molecule has 0 saturated carbocycles. The van der Waals surface area contributed by atoms with Crippen molar-refractivity contribution in [1.29, 1.82) is 0 Å². The monoisotopic (exact) mass is 139 g/mol. The van der Waals surface area contributed by atoms with Crippen LogP contribution >= 0.6 is 0 Å². The van der Waals surface area contributed by atoms with Crippen LogP contribution in [0.3, 0.4) is 0 Å². The number of hydrogen-bond acceptors (Lipinski definition) is 2. The fraction of sp³-hybridized carbons (Fsp3) is 0.286. The number of ether oxygens (including phenoxy) is 1. The molecule has 0 spiro atoms. The predicted octanol–water partition coefficient (Wildman–Crippen LogP) is 0.521. The van der Waals surface area contributed by atoms with Gasteiger partial charge in [0.05, 0.1) is 6.61 Å². The van der Waals surface area contributed by atoms with Crippen LogP contribution in [0.2, 0.25) is 0 Å². The molecule has 0 bridgehead atoms. The van der Waals surface area contributed by atoms with E-state index in [1.54, 1.807) is 25.4 Å². The van der Waals surface area contributed by atoms with Gasteiger partial charge in [0.25, 0.3) is 5.56 Å². The molecule has 54 valence electrons. The summed E-state index contributed by atoms with van der Waals surface area (Å²) >= 11 is 0. The van der Waals surface area contributed by atoms with E-state index in [0.29, 0.717) is 12.2 Å². The first kappa shape index (κ1) is 7.02. The number of hydrogen-bond donors (Lipinski definition) is 1. The van der Waals surface area contributed by atoms with Crippen molar-refractivity contribution in [3.8, 4) is 0 Å². The first-order chi connectivity index (χ1) is 4.84. The summed E-state index contributed by atoms with van der Waals surface area (Å²) in [5.41, 5.74) is 0.578. The van der Waals surface area contributed by atoms with E-state index in [2.05, 4.69) is 4.98 Å². The fourth-order valence-corrected chi connectivity index (χ4v) is 0.726. The Labute approximate surface area is 58.7 Å². The van der Waals surface area contributed by atoms with E-state index >= 15 is 0 Å². The van der Waals surface area contributed by atoms with Crippen LogP contribution in [-0.4, -0.2) is 12.1 Å². The topological polar surface area (TPSA) is 42.1 Å². The van der Waals surface area contributed by atoms with Gasteiger partial charge in [-0.15, -0.1) is 0 Å². The number of aromatic nitrogens is 1. The van der Waals surface area contributed by atoms with E-state index < -0.39 is 0 Å². The Kier molecular flexibility index (Phi) is 2.23. The number of H-pyrrole nitrogens is 1. The molecule has 1 N–H and O–H groups in total. The van der Waals surface area contributed by atoms with Gasteiger partial charge in [-0.1, -0.05) is 0 Å². The average Bonchev–Trinajstić information content (AvgIpc) is 1.94. The standard InChI is InChI=1S/C7H9NO2/c1-10-5-6-3-2-4-8-7(6)9/h2-4H,5H2,1H3,(H,8,9). The molecular formula is C7H9NO2. The van der Waals surface area contributed by atoms with Crippen LogP contribution in [0, 0.1) is 0 Å². The minimum absolute atomic E-state index is 0.0793. The average molecular weight is 139 g/mol. The highest BCUT2D eigenvalue weighted by atomic mass is 16.5. The summed E-state index contributed by atoms with van der Waals surface area (Å²) in [5.74, 6) is 0. The molecular weight excluding hydrogens is 130 g/mol. The van der Waals surface area contributed by atoms with Crippen molar-refractivity contribution in [2.45, 2.75) is 6.61 Å². The minimum Gasteiger partial charge on any atom is -0.380 e. The minimum atomic E-state index is -0.0793. The molecule has 0 saturated heterocycles. The fourth-order valence-electron chi connectivity index (χ4n) is 0.726. The molecule has 1 aromatic rings. The lowest BCUT2D eigenvalue weighted by atomic mass is 10.3. The van der Waals surface area contributed by atoms with Gasteiger partial charge in [-0.3, -0.25) is 4.79 Å². The summed E-state index contributed by atoms with van der Waals surface area (Å²) in [6.07, 6.45) is 1.60. The second kappa shape index (κ2) is 3.17. The smallest absolute Gasteiger partial charge is 0.253 e. The van der Waals surface area contributed by atoms with E-state index in [-0.39, 0.29) is 5.56 Å². The zero-order valence-electron chi connectivity index (χ0n) is 5.76. The molecule has 1 aromatic heterocycles. The lowest BCUT2D eigenvalue weighted by Crippen LogP contribution is -2.11. The molecule has 0 atom stereocenters. The van der Waals surface area contributed by atoms with Gasteiger partial charge in [-0.2, -0.15) is 0 Å². The number of nitrogens with one attached hydrogen (secondary N) is 1. The van der Waals surface area contributed by atoms with E-state index in [9.17, 15) is 4.79 Å². The lowest BCUT2D eigenvalue weighted by molar-refractivity contribution is 0.184. The molecule has 3 nitrogen and oxygen atoms in total. The molecule has 3 heteroatoms. The van der Waals surface area contributed by atoms with Gasteiger partial charge in [-0.05, 0) is 12.1 Å². The first-order valence-corrected chi connectivity index (χ1v) is 3.00. The molecule has 0 fully saturated rings. The van der Waals surface area contributed by atoms with Crippen molar-refractivity contribution < 1.29 is 4.74 Å². The molecule has 0 aliphatic heterocycles. The van der Waals surface area contributed by atoms with Gasteiger partial charge < -0.3 is 9.72 Å². The highest BCUT2D eigenvalue weighted by molar-refractivity contribution is 5.07. The third-order valence-corrected chi connectivity index (χ3v) is 1.20. The number of rotatable bonds is 2. The Hall–Kier alpha value is -1.09. The number of methoxy groups -OCH3 is 1. The zero-order valence-corrected chi connectivity index (χ0v) is 5.76. The Morgan fingerprint density at radius 3 is 3.10 bits per heavy atom. The molecule has 1 heterocycles. The van der Waals surface area contributed by atoms with Crippen molar-refractivity contribution >= 4 is 0 Å². The zero-order chi connectivity index (χ0) is 7.40. The van der Waals surface area contributed by atoms with Crippen LogP contribution in [0.5, 0.6) is 0 Å². The van der Waals surface area contributed by atoms with Crippen molar-refractivity contribution in [3.05, 3.63) is 34.2 Å². The first-order valence-electron chi connectivity index (χ1n) is 3.00. The van der Waals surface area contributed by atoms with Crippen molar-refractivity contribution in [2.24, 2.45) is 0 Å². The third-order valence-electron chi connectivity index (χ3n) is 1.20. The van der Waals surface area contributed by atoms with Crippen LogP contribution in [0.15, 0.2) is 23.1 Å². The van der Waals surface area contributed by atoms with E-state index in [1.807, 2.05) is 0 Å². The summed E-state index contributed by atoms with van der Waals surface area (Å²) in [6.45, 7) is 0.371. The van der Waals surface area contributed by atoms with Crippen molar-refractivity contribution in [1.82, 2.24) is 4.98 Å². The lowest BCUT2D eigenvalue weighted by Gasteiger charge is -1.94. The molecule has 0 aliphatic carbocycles. The molecule has 0 amide bonds. The molecule has 10 heavy (non-hydrogen) atoms. The molecule has 0 unspecified atom stereocenters. The largest absolute Gasteiger partial charge is 0.380 e. The quantitative estimate of drug-likeness (QED) is 0.649. The van der Waals surface area contributed by atoms with Crippen LogP contribution < -0.4 is 5.56 Å². The van der Waals surface area contributed by atoms with Gasteiger partial charge in [0.1, 0.15) is 0 Å². The van der Waals surface area contributed by atoms with Crippen LogP contribution in [-0.2, 0) is 11.3 Å². The Balaban J connectivity index is 2.92. The SMILES string of the molecule is COCc1ccc[nH]c1=O. The predicted molar refractivity (Wildman–Crippen MR) is 37.8 cm³/mol. The Bertz CT molecular complexity index is 254.